The number of hydrogen-bond acceptors (Lipinski definition) is 5. The van der Waals surface area contributed by atoms with Gasteiger partial charge in [0.1, 0.15) is 5.75 Å². The molecule has 2 N–H and O–H groups in total. The molecule has 0 radical (unpaired) electrons. The molecule has 7 nitrogen and oxygen atoms in total. The van der Waals surface area contributed by atoms with Gasteiger partial charge < -0.3 is 24.8 Å². The van der Waals surface area contributed by atoms with E-state index in [0.717, 1.165) is 12.0 Å². The summed E-state index contributed by atoms with van der Waals surface area (Å²) >= 11 is 6.27. The number of amides is 2. The van der Waals surface area contributed by atoms with Gasteiger partial charge in [-0.3, -0.25) is 9.59 Å². The SMILES string of the molecule is O=C1COc2cc(C(=O)NCc3cc(Cl)c4c(c3)OCCCO4)ccc2N1. The maximum absolute atomic E-state index is 12.5. The van der Waals surface area contributed by atoms with Gasteiger partial charge in [-0.1, -0.05) is 11.6 Å². The maximum atomic E-state index is 12.5. The van der Waals surface area contributed by atoms with E-state index in [2.05, 4.69) is 10.6 Å². The number of benzene rings is 2. The van der Waals surface area contributed by atoms with E-state index in [-0.39, 0.29) is 25.0 Å². The topological polar surface area (TPSA) is 85.9 Å². The van der Waals surface area contributed by atoms with Gasteiger partial charge in [-0.25, -0.2) is 0 Å². The summed E-state index contributed by atoms with van der Waals surface area (Å²) in [5, 5.41) is 5.99. The molecule has 2 aromatic rings. The van der Waals surface area contributed by atoms with Crippen LogP contribution in [-0.2, 0) is 11.3 Å². The Morgan fingerprint density at radius 3 is 2.85 bits per heavy atom. The van der Waals surface area contributed by atoms with E-state index < -0.39 is 0 Å². The highest BCUT2D eigenvalue weighted by atomic mass is 35.5. The van der Waals surface area contributed by atoms with Gasteiger partial charge in [0.15, 0.2) is 18.1 Å². The molecule has 0 fully saturated rings. The number of anilines is 1. The molecule has 27 heavy (non-hydrogen) atoms. The lowest BCUT2D eigenvalue weighted by Crippen LogP contribution is -2.26. The number of carbonyl (C=O) groups is 2. The van der Waals surface area contributed by atoms with Crippen molar-refractivity contribution in [2.75, 3.05) is 25.1 Å². The molecule has 140 valence electrons. The third kappa shape index (κ3) is 3.78. The van der Waals surface area contributed by atoms with E-state index in [1.165, 1.54) is 0 Å². The summed E-state index contributed by atoms with van der Waals surface area (Å²) in [5.74, 6) is 1.12. The molecule has 2 amide bonds. The van der Waals surface area contributed by atoms with Gasteiger partial charge >= 0.3 is 0 Å². The van der Waals surface area contributed by atoms with Gasteiger partial charge in [0.05, 0.1) is 23.9 Å². The van der Waals surface area contributed by atoms with Gasteiger partial charge in [-0.2, -0.15) is 0 Å². The fraction of sp³-hybridized carbons (Fsp3) is 0.263. The van der Waals surface area contributed by atoms with Gasteiger partial charge in [0.2, 0.25) is 0 Å². The van der Waals surface area contributed by atoms with E-state index in [9.17, 15) is 9.59 Å². The Labute approximate surface area is 160 Å². The van der Waals surface area contributed by atoms with Gasteiger partial charge in [0, 0.05) is 18.5 Å². The minimum atomic E-state index is -0.262. The molecule has 8 heteroatoms. The quantitative estimate of drug-likeness (QED) is 0.844. The summed E-state index contributed by atoms with van der Waals surface area (Å²) in [4.78, 5) is 23.8. The van der Waals surface area contributed by atoms with E-state index in [1.54, 1.807) is 24.3 Å². The Hall–Kier alpha value is -2.93. The summed E-state index contributed by atoms with van der Waals surface area (Å²) in [7, 11) is 0. The van der Waals surface area contributed by atoms with Crippen LogP contribution in [0.25, 0.3) is 0 Å². The Balaban J connectivity index is 1.46. The largest absolute Gasteiger partial charge is 0.489 e. The average Bonchev–Trinajstić information content (AvgIpc) is 2.91. The van der Waals surface area contributed by atoms with E-state index in [0.29, 0.717) is 46.7 Å². The number of halogens is 1. The van der Waals surface area contributed by atoms with Crippen LogP contribution in [0, 0.1) is 0 Å². The smallest absolute Gasteiger partial charge is 0.262 e. The fourth-order valence-corrected chi connectivity index (χ4v) is 3.17. The lowest BCUT2D eigenvalue weighted by molar-refractivity contribution is -0.118. The highest BCUT2D eigenvalue weighted by molar-refractivity contribution is 6.32. The van der Waals surface area contributed by atoms with Crippen molar-refractivity contribution in [1.29, 1.82) is 0 Å². The summed E-state index contributed by atoms with van der Waals surface area (Å²) in [6, 6.07) is 8.44. The molecule has 4 rings (SSSR count). The molecule has 0 bridgehead atoms. The van der Waals surface area contributed by atoms with Crippen LogP contribution < -0.4 is 24.8 Å². The van der Waals surface area contributed by atoms with Crippen LogP contribution >= 0.6 is 11.6 Å². The van der Waals surface area contributed by atoms with E-state index >= 15 is 0 Å². The number of rotatable bonds is 3. The van der Waals surface area contributed by atoms with Crippen LogP contribution in [0.4, 0.5) is 5.69 Å². The summed E-state index contributed by atoms with van der Waals surface area (Å²) < 4.78 is 16.6. The molecule has 2 aromatic carbocycles. The third-order valence-electron chi connectivity index (χ3n) is 4.19. The molecular weight excluding hydrogens is 372 g/mol. The van der Waals surface area contributed by atoms with Crippen LogP contribution in [0.15, 0.2) is 30.3 Å². The number of hydrogen-bond donors (Lipinski definition) is 2. The Kier molecular flexibility index (Phi) is 4.77. The van der Waals surface area contributed by atoms with Crippen molar-refractivity contribution in [1.82, 2.24) is 5.32 Å². The molecular formula is C19H17ClN2O5. The number of nitrogens with one attached hydrogen (secondary N) is 2. The fourth-order valence-electron chi connectivity index (χ4n) is 2.89. The Morgan fingerprint density at radius 2 is 1.96 bits per heavy atom. The number of carbonyl (C=O) groups excluding carboxylic acids is 2. The molecule has 2 aliphatic rings. The van der Waals surface area contributed by atoms with Crippen molar-refractivity contribution in [2.45, 2.75) is 13.0 Å². The normalized spacial score (nSPS) is 15.1. The lowest BCUT2D eigenvalue weighted by atomic mass is 10.1. The molecule has 2 aliphatic heterocycles. The zero-order chi connectivity index (χ0) is 18.8. The molecule has 0 saturated carbocycles. The summed E-state index contributed by atoms with van der Waals surface area (Å²) in [6.07, 6.45) is 0.790. The van der Waals surface area contributed by atoms with Crippen molar-refractivity contribution < 1.29 is 23.8 Å². The second-order valence-corrected chi connectivity index (χ2v) is 6.59. The zero-order valence-electron chi connectivity index (χ0n) is 14.3. The van der Waals surface area contributed by atoms with E-state index in [4.69, 9.17) is 25.8 Å². The number of fused-ring (bicyclic) bond motifs is 2. The first-order valence-corrected chi connectivity index (χ1v) is 8.91. The predicted octanol–water partition coefficient (Wildman–Crippen LogP) is 2.76. The molecule has 0 atom stereocenters. The first kappa shape index (κ1) is 17.5. The molecule has 0 spiro atoms. The summed E-state index contributed by atoms with van der Waals surface area (Å²) in [5.41, 5.74) is 1.79. The molecule has 0 aromatic heterocycles. The highest BCUT2D eigenvalue weighted by Gasteiger charge is 2.19. The zero-order valence-corrected chi connectivity index (χ0v) is 15.1. The second kappa shape index (κ2) is 7.36. The molecule has 2 heterocycles. The summed E-state index contributed by atoms with van der Waals surface area (Å²) in [6.45, 7) is 1.34. The van der Waals surface area contributed by atoms with E-state index in [1.807, 2.05) is 6.07 Å². The van der Waals surface area contributed by atoms with Crippen molar-refractivity contribution in [3.05, 3.63) is 46.5 Å². The van der Waals surface area contributed by atoms with Gasteiger partial charge in [-0.15, -0.1) is 0 Å². The predicted molar refractivity (Wildman–Crippen MR) is 98.8 cm³/mol. The first-order chi connectivity index (χ1) is 13.1. The van der Waals surface area contributed by atoms with Crippen molar-refractivity contribution in [3.8, 4) is 17.2 Å². The van der Waals surface area contributed by atoms with Crippen LogP contribution in [0.3, 0.4) is 0 Å². The minimum absolute atomic E-state index is 0.0617. The average molecular weight is 389 g/mol. The molecule has 0 saturated heterocycles. The van der Waals surface area contributed by atoms with Crippen molar-refractivity contribution >= 4 is 29.1 Å². The third-order valence-corrected chi connectivity index (χ3v) is 4.47. The van der Waals surface area contributed by atoms with Crippen LogP contribution in [-0.4, -0.2) is 31.6 Å². The monoisotopic (exact) mass is 388 g/mol. The second-order valence-electron chi connectivity index (χ2n) is 6.19. The van der Waals surface area contributed by atoms with Crippen molar-refractivity contribution in [2.24, 2.45) is 0 Å². The lowest BCUT2D eigenvalue weighted by Gasteiger charge is -2.18. The van der Waals surface area contributed by atoms with Gasteiger partial charge in [0.25, 0.3) is 11.8 Å². The van der Waals surface area contributed by atoms with Gasteiger partial charge in [-0.05, 0) is 35.9 Å². The Bertz CT molecular complexity index is 915. The first-order valence-electron chi connectivity index (χ1n) is 8.53. The molecule has 0 unspecified atom stereocenters. The minimum Gasteiger partial charge on any atom is -0.489 e. The van der Waals surface area contributed by atoms with Crippen molar-refractivity contribution in [3.63, 3.8) is 0 Å². The standard InChI is InChI=1S/C19H17ClN2O5/c20-13-6-11(7-16-18(13)26-5-1-4-25-16)9-21-19(24)12-2-3-14-15(8-12)27-10-17(23)22-14/h2-3,6-8H,1,4-5,9-10H2,(H,21,24)(H,22,23). The van der Waals surface area contributed by atoms with Crippen LogP contribution in [0.5, 0.6) is 17.2 Å². The number of ether oxygens (including phenoxy) is 3. The molecule has 0 aliphatic carbocycles. The van der Waals surface area contributed by atoms with Crippen LogP contribution in [0.1, 0.15) is 22.3 Å². The Morgan fingerprint density at radius 1 is 1.11 bits per heavy atom. The highest BCUT2D eigenvalue weighted by Crippen LogP contribution is 2.38. The maximum Gasteiger partial charge on any atom is 0.262 e. The van der Waals surface area contributed by atoms with Crippen LogP contribution in [0.2, 0.25) is 5.02 Å².